The summed E-state index contributed by atoms with van der Waals surface area (Å²) in [6.07, 6.45) is 6.48. The molecule has 6 heteroatoms. The quantitative estimate of drug-likeness (QED) is 0.834. The molecule has 1 aromatic rings. The zero-order valence-electron chi connectivity index (χ0n) is 11.9. The number of amides is 1. The molecular formula is C14H19N3O3. The van der Waals surface area contributed by atoms with Crippen LogP contribution in [0.4, 0.5) is 4.79 Å². The second-order valence-electron chi connectivity index (χ2n) is 5.60. The first kappa shape index (κ1) is 14.5. The third-order valence-electron chi connectivity index (χ3n) is 2.75. The summed E-state index contributed by atoms with van der Waals surface area (Å²) in [5.41, 5.74) is 0.561. The fourth-order valence-electron chi connectivity index (χ4n) is 1.93. The van der Waals surface area contributed by atoms with Crippen molar-refractivity contribution in [1.82, 2.24) is 14.9 Å². The van der Waals surface area contributed by atoms with Gasteiger partial charge in [-0.1, -0.05) is 12.2 Å². The van der Waals surface area contributed by atoms with E-state index < -0.39 is 5.60 Å². The number of nitrogens with zero attached hydrogens (tertiary/aromatic N) is 3. The molecule has 108 valence electrons. The largest absolute Gasteiger partial charge is 0.444 e. The van der Waals surface area contributed by atoms with Gasteiger partial charge in [-0.15, -0.1) is 0 Å². The van der Waals surface area contributed by atoms with Crippen LogP contribution in [0.2, 0.25) is 0 Å². The second-order valence-corrected chi connectivity index (χ2v) is 5.60. The van der Waals surface area contributed by atoms with Crippen molar-refractivity contribution in [3.05, 3.63) is 35.9 Å². The van der Waals surface area contributed by atoms with Gasteiger partial charge in [-0.2, -0.15) is 0 Å². The molecule has 0 saturated heterocycles. The van der Waals surface area contributed by atoms with E-state index >= 15 is 0 Å². The lowest BCUT2D eigenvalue weighted by atomic mass is 10.2. The van der Waals surface area contributed by atoms with E-state index in [1.54, 1.807) is 11.1 Å². The Balaban J connectivity index is 2.18. The Morgan fingerprint density at radius 3 is 2.90 bits per heavy atom. The Morgan fingerprint density at radius 1 is 1.50 bits per heavy atom. The van der Waals surface area contributed by atoms with E-state index in [9.17, 15) is 4.79 Å². The number of hydrogen-bond donors (Lipinski definition) is 1. The molecule has 0 radical (unpaired) electrons. The molecule has 0 aliphatic carbocycles. The zero-order chi connectivity index (χ0) is 14.8. The Bertz CT molecular complexity index is 523. The number of aliphatic hydroxyl groups excluding tert-OH is 1. The van der Waals surface area contributed by atoms with Crippen LogP contribution in [0, 0.1) is 0 Å². The Hall–Kier alpha value is -1.95. The monoisotopic (exact) mass is 277 g/mol. The first-order chi connectivity index (χ1) is 9.40. The minimum Gasteiger partial charge on any atom is -0.444 e. The molecule has 1 amide bonds. The van der Waals surface area contributed by atoms with Gasteiger partial charge in [-0.25, -0.2) is 9.78 Å². The van der Waals surface area contributed by atoms with Crippen molar-refractivity contribution in [2.24, 2.45) is 0 Å². The third kappa shape index (κ3) is 3.33. The molecule has 0 spiro atoms. The maximum absolute atomic E-state index is 12.2. The molecule has 6 nitrogen and oxygen atoms in total. The highest BCUT2D eigenvalue weighted by Crippen LogP contribution is 2.26. The summed E-state index contributed by atoms with van der Waals surface area (Å²) in [6.45, 7) is 5.79. The zero-order valence-corrected chi connectivity index (χ0v) is 11.9. The fraction of sp³-hybridized carbons (Fsp3) is 0.500. The van der Waals surface area contributed by atoms with Crippen LogP contribution in [0.5, 0.6) is 0 Å². The first-order valence-electron chi connectivity index (χ1n) is 6.48. The van der Waals surface area contributed by atoms with Crippen LogP contribution in [0.3, 0.4) is 0 Å². The number of carbonyl (C=O) groups is 1. The van der Waals surface area contributed by atoms with Gasteiger partial charge in [0.2, 0.25) is 0 Å². The fourth-order valence-corrected chi connectivity index (χ4v) is 1.93. The van der Waals surface area contributed by atoms with Gasteiger partial charge in [0.1, 0.15) is 5.60 Å². The summed E-state index contributed by atoms with van der Waals surface area (Å²) >= 11 is 0. The van der Waals surface area contributed by atoms with Crippen LogP contribution in [0.15, 0.2) is 24.5 Å². The number of ether oxygens (including phenoxy) is 1. The van der Waals surface area contributed by atoms with E-state index in [0.29, 0.717) is 17.9 Å². The maximum atomic E-state index is 12.2. The minimum absolute atomic E-state index is 0.177. The smallest absolute Gasteiger partial charge is 0.411 e. The van der Waals surface area contributed by atoms with E-state index in [0.717, 1.165) is 0 Å². The van der Waals surface area contributed by atoms with Crippen LogP contribution in [-0.4, -0.2) is 38.2 Å². The van der Waals surface area contributed by atoms with Crippen molar-refractivity contribution in [2.75, 3.05) is 6.54 Å². The van der Waals surface area contributed by atoms with Gasteiger partial charge in [0.25, 0.3) is 0 Å². The van der Waals surface area contributed by atoms with Gasteiger partial charge < -0.3 is 9.84 Å². The lowest BCUT2D eigenvalue weighted by molar-refractivity contribution is 0.0237. The molecule has 1 aromatic heterocycles. The molecule has 1 aliphatic heterocycles. The Kier molecular flexibility index (Phi) is 4.04. The summed E-state index contributed by atoms with van der Waals surface area (Å²) in [4.78, 5) is 22.1. The molecule has 1 unspecified atom stereocenters. The molecule has 2 heterocycles. The van der Waals surface area contributed by atoms with Gasteiger partial charge in [0, 0.05) is 6.54 Å². The SMILES string of the molecule is CC(C)(C)OC(=O)N1CC=CC1c1cncc(CO)n1. The molecule has 1 atom stereocenters. The van der Waals surface area contributed by atoms with Crippen molar-refractivity contribution in [2.45, 2.75) is 39.0 Å². The predicted molar refractivity (Wildman–Crippen MR) is 72.8 cm³/mol. The molecule has 0 saturated carbocycles. The summed E-state index contributed by atoms with van der Waals surface area (Å²) in [6, 6.07) is -0.302. The van der Waals surface area contributed by atoms with Crippen molar-refractivity contribution in [1.29, 1.82) is 0 Å². The molecule has 0 aromatic carbocycles. The standard InChI is InChI=1S/C14H19N3O3/c1-14(2,3)20-13(19)17-6-4-5-12(17)11-8-15-7-10(9-18)16-11/h4-5,7-8,12,18H,6,9H2,1-3H3. The van der Waals surface area contributed by atoms with E-state index in [1.165, 1.54) is 6.20 Å². The van der Waals surface area contributed by atoms with Crippen LogP contribution < -0.4 is 0 Å². The van der Waals surface area contributed by atoms with Gasteiger partial charge in [0.15, 0.2) is 0 Å². The molecule has 1 N–H and O–H groups in total. The summed E-state index contributed by atoms with van der Waals surface area (Å²) in [5, 5.41) is 9.11. The lowest BCUT2D eigenvalue weighted by Gasteiger charge is -2.28. The first-order valence-corrected chi connectivity index (χ1v) is 6.48. The highest BCUT2D eigenvalue weighted by molar-refractivity contribution is 5.70. The Labute approximate surface area is 118 Å². The Morgan fingerprint density at radius 2 is 2.25 bits per heavy atom. The highest BCUT2D eigenvalue weighted by atomic mass is 16.6. The van der Waals surface area contributed by atoms with Crippen LogP contribution >= 0.6 is 0 Å². The average molecular weight is 277 g/mol. The van der Waals surface area contributed by atoms with Crippen molar-refractivity contribution in [3.8, 4) is 0 Å². The third-order valence-corrected chi connectivity index (χ3v) is 2.75. The number of carbonyl (C=O) groups excluding carboxylic acids is 1. The highest BCUT2D eigenvalue weighted by Gasteiger charge is 2.31. The van der Waals surface area contributed by atoms with Crippen molar-refractivity contribution in [3.63, 3.8) is 0 Å². The number of hydrogen-bond acceptors (Lipinski definition) is 5. The van der Waals surface area contributed by atoms with Gasteiger partial charge >= 0.3 is 6.09 Å². The summed E-state index contributed by atoms with van der Waals surface area (Å²) < 4.78 is 5.38. The minimum atomic E-state index is -0.539. The number of aliphatic hydroxyl groups is 1. The van der Waals surface area contributed by atoms with Crippen LogP contribution in [-0.2, 0) is 11.3 Å². The summed E-state index contributed by atoms with van der Waals surface area (Å²) in [7, 11) is 0. The average Bonchev–Trinajstić information content (AvgIpc) is 2.86. The molecule has 0 bridgehead atoms. The predicted octanol–water partition coefficient (Wildman–Crippen LogP) is 1.82. The normalized spacial score (nSPS) is 18.4. The van der Waals surface area contributed by atoms with E-state index in [1.807, 2.05) is 32.9 Å². The number of rotatable bonds is 2. The molecule has 0 fully saturated rings. The van der Waals surface area contributed by atoms with E-state index in [2.05, 4.69) is 9.97 Å². The van der Waals surface area contributed by atoms with E-state index in [-0.39, 0.29) is 18.7 Å². The van der Waals surface area contributed by atoms with Crippen LogP contribution in [0.25, 0.3) is 0 Å². The number of aromatic nitrogens is 2. The van der Waals surface area contributed by atoms with Crippen molar-refractivity contribution < 1.29 is 14.6 Å². The second kappa shape index (κ2) is 5.58. The molecule has 20 heavy (non-hydrogen) atoms. The van der Waals surface area contributed by atoms with Crippen LogP contribution in [0.1, 0.15) is 38.2 Å². The topological polar surface area (TPSA) is 75.5 Å². The van der Waals surface area contributed by atoms with Gasteiger partial charge in [0.05, 0.1) is 36.4 Å². The lowest BCUT2D eigenvalue weighted by Crippen LogP contribution is -2.37. The molecular weight excluding hydrogens is 258 g/mol. The van der Waals surface area contributed by atoms with Gasteiger partial charge in [-0.05, 0) is 20.8 Å². The summed E-state index contributed by atoms with van der Waals surface area (Å²) in [5.74, 6) is 0. The molecule has 1 aliphatic rings. The molecule has 2 rings (SSSR count). The maximum Gasteiger partial charge on any atom is 0.411 e. The van der Waals surface area contributed by atoms with Crippen molar-refractivity contribution >= 4 is 6.09 Å². The van der Waals surface area contributed by atoms with E-state index in [4.69, 9.17) is 9.84 Å². The van der Waals surface area contributed by atoms with Gasteiger partial charge in [-0.3, -0.25) is 9.88 Å².